The van der Waals surface area contributed by atoms with Crippen LogP contribution in [0.1, 0.15) is 25.8 Å². The van der Waals surface area contributed by atoms with Gasteiger partial charge < -0.3 is 15.2 Å². The van der Waals surface area contributed by atoms with Crippen molar-refractivity contribution in [2.75, 3.05) is 7.11 Å². The van der Waals surface area contributed by atoms with Crippen molar-refractivity contribution in [1.29, 1.82) is 0 Å². The Morgan fingerprint density at radius 1 is 1.37 bits per heavy atom. The quantitative estimate of drug-likeness (QED) is 0.819. The number of aliphatic carboxylic acids is 1. The molecule has 0 aliphatic heterocycles. The van der Waals surface area contributed by atoms with Gasteiger partial charge in [0.1, 0.15) is 5.75 Å². The Balaban J connectivity index is 2.62. The zero-order valence-electron chi connectivity index (χ0n) is 11.4. The smallest absolute Gasteiger partial charge is 0.305 e. The normalized spacial score (nSPS) is 10.9. The third-order valence-electron chi connectivity index (χ3n) is 2.57. The highest BCUT2D eigenvalue weighted by Gasteiger charge is 2.23. The molecule has 1 amide bonds. The van der Waals surface area contributed by atoms with Crippen LogP contribution in [0, 0.1) is 0 Å². The minimum absolute atomic E-state index is 0.114. The second-order valence-corrected chi connectivity index (χ2v) is 5.03. The topological polar surface area (TPSA) is 75.6 Å². The fourth-order valence-corrected chi connectivity index (χ4v) is 1.81. The summed E-state index contributed by atoms with van der Waals surface area (Å²) in [5.41, 5.74) is 0.0601. The minimum atomic E-state index is -0.938. The highest BCUT2D eigenvalue weighted by atomic mass is 16.5. The lowest BCUT2D eigenvalue weighted by molar-refractivity contribution is -0.138. The molecule has 0 saturated heterocycles. The molecule has 0 radical (unpaired) electrons. The number of methoxy groups -OCH3 is 1. The minimum Gasteiger partial charge on any atom is -0.497 e. The van der Waals surface area contributed by atoms with Crippen LogP contribution >= 0.6 is 0 Å². The Bertz CT molecular complexity index is 468. The first-order chi connectivity index (χ1) is 8.82. The Labute approximate surface area is 112 Å². The van der Waals surface area contributed by atoms with E-state index in [0.29, 0.717) is 5.75 Å². The van der Waals surface area contributed by atoms with Gasteiger partial charge >= 0.3 is 5.97 Å². The molecule has 0 heterocycles. The molecule has 0 aliphatic carbocycles. The summed E-state index contributed by atoms with van der Waals surface area (Å²) in [6, 6.07) is 7.22. The van der Waals surface area contributed by atoms with Crippen LogP contribution < -0.4 is 10.1 Å². The Kier molecular flexibility index (Phi) is 4.92. The van der Waals surface area contributed by atoms with Crippen molar-refractivity contribution in [3.63, 3.8) is 0 Å². The lowest BCUT2D eigenvalue weighted by Crippen LogP contribution is -2.45. The SMILES string of the molecule is COc1cccc(CC(=O)NC(C)(C)CC(=O)O)c1. The third-order valence-corrected chi connectivity index (χ3v) is 2.57. The van der Waals surface area contributed by atoms with Gasteiger partial charge in [-0.25, -0.2) is 0 Å². The summed E-state index contributed by atoms with van der Waals surface area (Å²) in [5.74, 6) is -0.457. The molecule has 19 heavy (non-hydrogen) atoms. The summed E-state index contributed by atoms with van der Waals surface area (Å²) in [6.07, 6.45) is 0.0805. The molecular weight excluding hydrogens is 246 g/mol. The van der Waals surface area contributed by atoms with Crippen molar-refractivity contribution in [2.24, 2.45) is 0 Å². The van der Waals surface area contributed by atoms with Crippen molar-refractivity contribution in [1.82, 2.24) is 5.32 Å². The van der Waals surface area contributed by atoms with E-state index in [1.54, 1.807) is 33.1 Å². The van der Waals surface area contributed by atoms with Gasteiger partial charge in [0.25, 0.3) is 0 Å². The van der Waals surface area contributed by atoms with Gasteiger partial charge in [-0.3, -0.25) is 9.59 Å². The lowest BCUT2D eigenvalue weighted by Gasteiger charge is -2.24. The maximum Gasteiger partial charge on any atom is 0.305 e. The van der Waals surface area contributed by atoms with E-state index in [-0.39, 0.29) is 18.7 Å². The molecule has 0 atom stereocenters. The zero-order chi connectivity index (χ0) is 14.5. The molecular formula is C14H19NO4. The van der Waals surface area contributed by atoms with Gasteiger partial charge in [0.2, 0.25) is 5.91 Å². The van der Waals surface area contributed by atoms with Gasteiger partial charge in [-0.1, -0.05) is 12.1 Å². The zero-order valence-corrected chi connectivity index (χ0v) is 11.4. The van der Waals surface area contributed by atoms with Crippen LogP contribution in [0.15, 0.2) is 24.3 Å². The van der Waals surface area contributed by atoms with Gasteiger partial charge in [0.15, 0.2) is 0 Å². The molecule has 0 unspecified atom stereocenters. The first kappa shape index (κ1) is 15.0. The van der Waals surface area contributed by atoms with Crippen LogP contribution in [0.2, 0.25) is 0 Å². The molecule has 0 fully saturated rings. The number of rotatable bonds is 6. The summed E-state index contributed by atoms with van der Waals surface area (Å²) in [5, 5.41) is 11.5. The van der Waals surface area contributed by atoms with Gasteiger partial charge in [-0.2, -0.15) is 0 Å². The standard InChI is InChI=1S/C14H19NO4/c1-14(2,9-13(17)18)15-12(16)8-10-5-4-6-11(7-10)19-3/h4-7H,8-9H2,1-3H3,(H,15,16)(H,17,18). The summed E-state index contributed by atoms with van der Waals surface area (Å²) in [4.78, 5) is 22.5. The Hall–Kier alpha value is -2.04. The van der Waals surface area contributed by atoms with E-state index in [1.165, 1.54) is 0 Å². The number of carbonyl (C=O) groups excluding carboxylic acids is 1. The van der Waals surface area contributed by atoms with Crippen molar-refractivity contribution in [3.05, 3.63) is 29.8 Å². The number of ether oxygens (including phenoxy) is 1. The van der Waals surface area contributed by atoms with E-state index in [1.807, 2.05) is 12.1 Å². The number of carboxylic acid groups (broad SMARTS) is 1. The highest BCUT2D eigenvalue weighted by molar-refractivity contribution is 5.80. The van der Waals surface area contributed by atoms with E-state index in [0.717, 1.165) is 5.56 Å². The number of carboxylic acids is 1. The second-order valence-electron chi connectivity index (χ2n) is 5.03. The molecule has 5 nitrogen and oxygen atoms in total. The van der Waals surface area contributed by atoms with E-state index in [9.17, 15) is 9.59 Å². The largest absolute Gasteiger partial charge is 0.497 e. The lowest BCUT2D eigenvalue weighted by atomic mass is 10.00. The maximum atomic E-state index is 11.9. The van der Waals surface area contributed by atoms with Crippen LogP contribution in [0.3, 0.4) is 0 Å². The van der Waals surface area contributed by atoms with Gasteiger partial charge in [-0.05, 0) is 31.5 Å². The van der Waals surface area contributed by atoms with Crippen LogP contribution in [-0.4, -0.2) is 29.6 Å². The fraction of sp³-hybridized carbons (Fsp3) is 0.429. The summed E-state index contributed by atoms with van der Waals surface area (Å²) < 4.78 is 5.08. The number of hydrogen-bond acceptors (Lipinski definition) is 3. The van der Waals surface area contributed by atoms with Crippen molar-refractivity contribution in [2.45, 2.75) is 32.2 Å². The Morgan fingerprint density at radius 3 is 2.63 bits per heavy atom. The number of carbonyl (C=O) groups is 2. The third kappa shape index (κ3) is 5.42. The molecule has 0 aliphatic rings. The van der Waals surface area contributed by atoms with E-state index in [4.69, 9.17) is 9.84 Å². The average Bonchev–Trinajstić information content (AvgIpc) is 2.26. The van der Waals surface area contributed by atoms with E-state index >= 15 is 0 Å². The van der Waals surface area contributed by atoms with Gasteiger partial charge in [-0.15, -0.1) is 0 Å². The van der Waals surface area contributed by atoms with E-state index in [2.05, 4.69) is 5.32 Å². The summed E-state index contributed by atoms with van der Waals surface area (Å²) in [6.45, 7) is 3.37. The van der Waals surface area contributed by atoms with Crippen molar-refractivity contribution < 1.29 is 19.4 Å². The molecule has 1 aromatic carbocycles. The maximum absolute atomic E-state index is 11.9. The average molecular weight is 265 g/mol. The molecule has 0 spiro atoms. The number of benzene rings is 1. The van der Waals surface area contributed by atoms with Crippen molar-refractivity contribution in [3.8, 4) is 5.75 Å². The number of nitrogens with one attached hydrogen (secondary N) is 1. The summed E-state index contributed by atoms with van der Waals surface area (Å²) in [7, 11) is 1.56. The van der Waals surface area contributed by atoms with Crippen molar-refractivity contribution >= 4 is 11.9 Å². The molecule has 2 N–H and O–H groups in total. The van der Waals surface area contributed by atoms with Gasteiger partial charge in [0, 0.05) is 5.54 Å². The molecule has 1 rings (SSSR count). The number of hydrogen-bond donors (Lipinski definition) is 2. The van der Waals surface area contributed by atoms with Gasteiger partial charge in [0.05, 0.1) is 20.0 Å². The fourth-order valence-electron chi connectivity index (χ4n) is 1.81. The molecule has 0 saturated carbocycles. The first-order valence-corrected chi connectivity index (χ1v) is 5.98. The van der Waals surface area contributed by atoms with Crippen LogP contribution in [0.5, 0.6) is 5.75 Å². The molecule has 104 valence electrons. The van der Waals surface area contributed by atoms with E-state index < -0.39 is 11.5 Å². The summed E-state index contributed by atoms with van der Waals surface area (Å²) >= 11 is 0. The molecule has 0 aromatic heterocycles. The van der Waals surface area contributed by atoms with Crippen LogP contribution in [0.4, 0.5) is 0 Å². The predicted octanol–water partition coefficient (Wildman–Crippen LogP) is 1.61. The monoisotopic (exact) mass is 265 g/mol. The number of amides is 1. The first-order valence-electron chi connectivity index (χ1n) is 5.98. The highest BCUT2D eigenvalue weighted by Crippen LogP contribution is 2.14. The molecule has 1 aromatic rings. The molecule has 5 heteroatoms. The van der Waals surface area contributed by atoms with Crippen LogP contribution in [-0.2, 0) is 16.0 Å². The predicted molar refractivity (Wildman–Crippen MR) is 71.2 cm³/mol. The molecule has 0 bridgehead atoms. The second kappa shape index (κ2) is 6.22. The Morgan fingerprint density at radius 2 is 2.05 bits per heavy atom. The van der Waals surface area contributed by atoms with Crippen LogP contribution in [0.25, 0.3) is 0 Å².